The van der Waals surface area contributed by atoms with Gasteiger partial charge in [-0.3, -0.25) is 9.59 Å². The average Bonchev–Trinajstić information content (AvgIpc) is 3.27. The first-order valence-corrected chi connectivity index (χ1v) is 13.3. The maximum absolute atomic E-state index is 13.5. The van der Waals surface area contributed by atoms with Crippen molar-refractivity contribution in [2.45, 2.75) is 40.5 Å². The molecule has 0 unspecified atom stereocenters. The van der Waals surface area contributed by atoms with Crippen LogP contribution in [0.15, 0.2) is 65.1 Å². The van der Waals surface area contributed by atoms with Gasteiger partial charge in [0, 0.05) is 29.5 Å². The van der Waals surface area contributed by atoms with E-state index in [1.165, 1.54) is 12.1 Å². The molecule has 0 bridgehead atoms. The van der Waals surface area contributed by atoms with Crippen LogP contribution in [0, 0.1) is 17.7 Å². The summed E-state index contributed by atoms with van der Waals surface area (Å²) in [6, 6.07) is 16.8. The molecular weight excluding hydrogens is 495 g/mol. The van der Waals surface area contributed by atoms with Crippen molar-refractivity contribution in [2.75, 3.05) is 13.2 Å². The van der Waals surface area contributed by atoms with E-state index in [0.717, 1.165) is 17.5 Å². The molecule has 4 aromatic rings. The van der Waals surface area contributed by atoms with E-state index in [1.54, 1.807) is 24.3 Å². The van der Waals surface area contributed by atoms with Gasteiger partial charge in [-0.1, -0.05) is 33.8 Å². The average molecular weight is 531 g/mol. The number of ether oxygens (including phenoxy) is 1. The standard InChI is InChI=1S/C32H35FN2O4/c1-19(2)13-14-38-27-12-8-23(32(37)35-18-20(3)4)17-24(27)15-21-5-11-28-26(16-21)29(31(34)36)30(39-28)22-6-9-25(33)10-7-22/h5-12,16-17,19-20H,13-15,18H2,1-4H3,(H2,34,36)(H,35,37). The van der Waals surface area contributed by atoms with E-state index in [9.17, 15) is 14.0 Å². The Labute approximate surface area is 228 Å². The molecule has 4 rings (SSSR count). The number of hydrogen-bond acceptors (Lipinski definition) is 4. The lowest BCUT2D eigenvalue weighted by molar-refractivity contribution is 0.0947. The molecule has 0 saturated carbocycles. The first-order chi connectivity index (χ1) is 18.6. The third kappa shape index (κ3) is 6.85. The number of furan rings is 1. The highest BCUT2D eigenvalue weighted by Crippen LogP contribution is 2.35. The van der Waals surface area contributed by atoms with Crippen LogP contribution < -0.4 is 15.8 Å². The number of primary amides is 1. The lowest BCUT2D eigenvalue weighted by atomic mass is 9.98. The summed E-state index contributed by atoms with van der Waals surface area (Å²) in [7, 11) is 0. The van der Waals surface area contributed by atoms with Crippen LogP contribution in [0.25, 0.3) is 22.3 Å². The summed E-state index contributed by atoms with van der Waals surface area (Å²) in [5.41, 5.74) is 9.38. The van der Waals surface area contributed by atoms with Gasteiger partial charge in [0.2, 0.25) is 0 Å². The predicted octanol–water partition coefficient (Wildman–Crippen LogP) is 6.74. The van der Waals surface area contributed by atoms with Crippen molar-refractivity contribution in [1.29, 1.82) is 0 Å². The Bertz CT molecular complexity index is 1470. The highest BCUT2D eigenvalue weighted by atomic mass is 19.1. The highest BCUT2D eigenvalue weighted by molar-refractivity contribution is 6.10. The summed E-state index contributed by atoms with van der Waals surface area (Å²) in [5, 5.41) is 3.54. The second kappa shape index (κ2) is 12.2. The molecule has 39 heavy (non-hydrogen) atoms. The molecular formula is C32H35FN2O4. The molecule has 1 aromatic heterocycles. The molecule has 0 aliphatic rings. The van der Waals surface area contributed by atoms with Crippen molar-refractivity contribution in [2.24, 2.45) is 17.6 Å². The molecule has 7 heteroatoms. The summed E-state index contributed by atoms with van der Waals surface area (Å²) in [4.78, 5) is 25.3. The van der Waals surface area contributed by atoms with Gasteiger partial charge in [0.1, 0.15) is 22.9 Å². The van der Waals surface area contributed by atoms with E-state index in [1.807, 2.05) is 38.1 Å². The van der Waals surface area contributed by atoms with E-state index in [-0.39, 0.29) is 17.3 Å². The SMILES string of the molecule is CC(C)CCOc1ccc(C(=O)NCC(C)C)cc1Cc1ccc2oc(-c3ccc(F)cc3)c(C(N)=O)c2c1. The molecule has 0 aliphatic heterocycles. The number of nitrogens with one attached hydrogen (secondary N) is 1. The highest BCUT2D eigenvalue weighted by Gasteiger charge is 2.21. The first-order valence-electron chi connectivity index (χ1n) is 13.3. The number of amides is 2. The Balaban J connectivity index is 1.70. The van der Waals surface area contributed by atoms with Crippen molar-refractivity contribution in [3.8, 4) is 17.1 Å². The maximum atomic E-state index is 13.5. The van der Waals surface area contributed by atoms with Crippen molar-refractivity contribution in [1.82, 2.24) is 5.32 Å². The lowest BCUT2D eigenvalue weighted by Gasteiger charge is -2.15. The van der Waals surface area contributed by atoms with Gasteiger partial charge in [0.05, 0.1) is 12.2 Å². The third-order valence-electron chi connectivity index (χ3n) is 6.45. The van der Waals surface area contributed by atoms with Gasteiger partial charge < -0.3 is 20.2 Å². The molecule has 0 saturated heterocycles. The van der Waals surface area contributed by atoms with E-state index < -0.39 is 5.91 Å². The number of fused-ring (bicyclic) bond motifs is 1. The molecule has 6 nitrogen and oxygen atoms in total. The number of carbonyl (C=O) groups is 2. The normalized spacial score (nSPS) is 11.4. The Morgan fingerprint density at radius 2 is 1.72 bits per heavy atom. The topological polar surface area (TPSA) is 94.6 Å². The van der Waals surface area contributed by atoms with Gasteiger partial charge in [-0.25, -0.2) is 4.39 Å². The zero-order valence-corrected chi connectivity index (χ0v) is 22.8. The number of hydrogen-bond donors (Lipinski definition) is 2. The van der Waals surface area contributed by atoms with E-state index in [2.05, 4.69) is 19.2 Å². The van der Waals surface area contributed by atoms with Crippen LogP contribution in [0.1, 0.15) is 66.0 Å². The van der Waals surface area contributed by atoms with Gasteiger partial charge in [0.15, 0.2) is 0 Å². The molecule has 1 heterocycles. The fourth-order valence-electron chi connectivity index (χ4n) is 4.33. The number of carbonyl (C=O) groups excluding carboxylic acids is 2. The van der Waals surface area contributed by atoms with E-state index in [0.29, 0.717) is 65.0 Å². The molecule has 0 radical (unpaired) electrons. The molecule has 0 aliphatic carbocycles. The van der Waals surface area contributed by atoms with Crippen molar-refractivity contribution in [3.63, 3.8) is 0 Å². The van der Waals surface area contributed by atoms with Gasteiger partial charge >= 0.3 is 0 Å². The predicted molar refractivity (Wildman–Crippen MR) is 151 cm³/mol. The second-order valence-corrected chi connectivity index (χ2v) is 10.6. The molecule has 0 spiro atoms. The first kappa shape index (κ1) is 27.9. The van der Waals surface area contributed by atoms with E-state index >= 15 is 0 Å². The Morgan fingerprint density at radius 1 is 0.974 bits per heavy atom. The third-order valence-corrected chi connectivity index (χ3v) is 6.45. The van der Waals surface area contributed by atoms with Crippen LogP contribution in [0.3, 0.4) is 0 Å². The number of rotatable bonds is 11. The molecule has 0 atom stereocenters. The van der Waals surface area contributed by atoms with Crippen molar-refractivity contribution in [3.05, 3.63) is 88.7 Å². The minimum Gasteiger partial charge on any atom is -0.493 e. The minimum absolute atomic E-state index is 0.135. The number of benzene rings is 3. The number of nitrogens with two attached hydrogens (primary N) is 1. The lowest BCUT2D eigenvalue weighted by Crippen LogP contribution is -2.27. The van der Waals surface area contributed by atoms with Crippen LogP contribution >= 0.6 is 0 Å². The van der Waals surface area contributed by atoms with Crippen LogP contribution in [0.2, 0.25) is 0 Å². The zero-order chi connectivity index (χ0) is 28.1. The summed E-state index contributed by atoms with van der Waals surface area (Å²) < 4.78 is 25.6. The van der Waals surface area contributed by atoms with Crippen molar-refractivity contribution < 1.29 is 23.1 Å². The molecule has 3 aromatic carbocycles. The fourth-order valence-corrected chi connectivity index (χ4v) is 4.33. The molecule has 2 amide bonds. The largest absolute Gasteiger partial charge is 0.493 e. The summed E-state index contributed by atoms with van der Waals surface area (Å²) in [6.45, 7) is 9.53. The van der Waals surface area contributed by atoms with Crippen LogP contribution in [0.5, 0.6) is 5.75 Å². The Kier molecular flexibility index (Phi) is 8.69. The van der Waals surface area contributed by atoms with E-state index in [4.69, 9.17) is 14.9 Å². The van der Waals surface area contributed by atoms with Gasteiger partial charge in [-0.15, -0.1) is 0 Å². The molecule has 204 valence electrons. The minimum atomic E-state index is -0.633. The van der Waals surface area contributed by atoms with Crippen molar-refractivity contribution >= 4 is 22.8 Å². The zero-order valence-electron chi connectivity index (χ0n) is 22.8. The van der Waals surface area contributed by atoms with Crippen LogP contribution in [0.4, 0.5) is 4.39 Å². The summed E-state index contributed by atoms with van der Waals surface area (Å²) in [5.74, 6) is 0.704. The van der Waals surface area contributed by atoms with Crippen LogP contribution in [-0.4, -0.2) is 25.0 Å². The molecule has 0 fully saturated rings. The van der Waals surface area contributed by atoms with Gasteiger partial charge in [-0.05, 0) is 84.0 Å². The Morgan fingerprint density at radius 3 is 2.38 bits per heavy atom. The maximum Gasteiger partial charge on any atom is 0.253 e. The van der Waals surface area contributed by atoms with Gasteiger partial charge in [-0.2, -0.15) is 0 Å². The monoisotopic (exact) mass is 530 g/mol. The second-order valence-electron chi connectivity index (χ2n) is 10.6. The smallest absolute Gasteiger partial charge is 0.253 e. The van der Waals surface area contributed by atoms with Gasteiger partial charge in [0.25, 0.3) is 11.8 Å². The molecule has 3 N–H and O–H groups in total. The summed E-state index contributed by atoms with van der Waals surface area (Å²) in [6.07, 6.45) is 1.37. The summed E-state index contributed by atoms with van der Waals surface area (Å²) >= 11 is 0. The van der Waals surface area contributed by atoms with Crippen LogP contribution in [-0.2, 0) is 6.42 Å². The quantitative estimate of drug-likeness (QED) is 0.225. The Hall–Kier alpha value is -4.13. The number of halogens is 1. The fraction of sp³-hybridized carbons (Fsp3) is 0.312.